The largest absolute Gasteiger partial charge is 0.466 e. The van der Waals surface area contributed by atoms with Crippen molar-refractivity contribution in [3.8, 4) is 0 Å². The number of esters is 1. The zero-order chi connectivity index (χ0) is 25.5. The van der Waals surface area contributed by atoms with E-state index in [0.29, 0.717) is 13.0 Å². The van der Waals surface area contributed by atoms with Gasteiger partial charge in [0.25, 0.3) is 0 Å². The molecule has 0 aromatic rings. The summed E-state index contributed by atoms with van der Waals surface area (Å²) in [4.78, 5) is 11.9. The number of hydrogen-bond donors (Lipinski definition) is 0. The molecule has 0 fully saturated rings. The van der Waals surface area contributed by atoms with Crippen molar-refractivity contribution in [3.63, 3.8) is 0 Å². The summed E-state index contributed by atoms with van der Waals surface area (Å²) < 4.78 is 5.42. The van der Waals surface area contributed by atoms with E-state index in [-0.39, 0.29) is 5.97 Å². The normalized spacial score (nSPS) is 11.3. The van der Waals surface area contributed by atoms with Crippen LogP contribution in [0.1, 0.15) is 200 Å². The zero-order valence-electron chi connectivity index (χ0n) is 24.5. The Labute approximate surface area is 222 Å². The molecule has 0 aromatic carbocycles. The minimum Gasteiger partial charge on any atom is -0.466 e. The highest BCUT2D eigenvalue weighted by Crippen LogP contribution is 2.15. The molecule has 0 saturated carbocycles. The number of ether oxygens (including phenoxy) is 1. The monoisotopic (exact) mass is 495 g/mol. The molecule has 0 saturated heterocycles. The first-order valence-corrected chi connectivity index (χ1v) is 16.5. The minimum absolute atomic E-state index is 0.0265. The van der Waals surface area contributed by atoms with Gasteiger partial charge in [0.1, 0.15) is 0 Å². The molecule has 35 heavy (non-hydrogen) atoms. The smallest absolute Gasteiger partial charge is 0.305 e. The lowest BCUT2D eigenvalue weighted by Gasteiger charge is -2.06. The SMILES string of the molecule is CCCCCCCCCCCCCCCCCC(=O)OCCCCCCCCCCCCCCC. The third kappa shape index (κ3) is 31.4. The van der Waals surface area contributed by atoms with Crippen molar-refractivity contribution in [3.05, 3.63) is 0 Å². The number of hydrogen-bond acceptors (Lipinski definition) is 2. The van der Waals surface area contributed by atoms with Gasteiger partial charge in [0.05, 0.1) is 6.61 Å². The minimum atomic E-state index is 0.0265. The van der Waals surface area contributed by atoms with Crippen LogP contribution in [0.15, 0.2) is 0 Å². The van der Waals surface area contributed by atoms with Crippen LogP contribution in [-0.4, -0.2) is 12.6 Å². The van der Waals surface area contributed by atoms with E-state index in [9.17, 15) is 4.79 Å². The average molecular weight is 495 g/mol. The fourth-order valence-electron chi connectivity index (χ4n) is 5.02. The van der Waals surface area contributed by atoms with Crippen molar-refractivity contribution in [2.75, 3.05) is 6.61 Å². The van der Waals surface area contributed by atoms with Crippen LogP contribution < -0.4 is 0 Å². The molecular formula is C33H66O2. The van der Waals surface area contributed by atoms with Crippen LogP contribution in [0.3, 0.4) is 0 Å². The standard InChI is InChI=1S/C33H66O2/c1-3-5-7-9-11-13-15-17-18-19-21-23-25-27-29-31-33(34)35-32-30-28-26-24-22-20-16-14-12-10-8-6-4-2/h3-32H2,1-2H3. The van der Waals surface area contributed by atoms with Gasteiger partial charge in [-0.1, -0.05) is 181 Å². The summed E-state index contributed by atoms with van der Waals surface area (Å²) in [5.41, 5.74) is 0. The van der Waals surface area contributed by atoms with E-state index in [1.54, 1.807) is 0 Å². The van der Waals surface area contributed by atoms with Crippen LogP contribution in [0.4, 0.5) is 0 Å². The van der Waals surface area contributed by atoms with Crippen LogP contribution in [0.2, 0.25) is 0 Å². The van der Waals surface area contributed by atoms with Gasteiger partial charge < -0.3 is 4.74 Å². The third-order valence-electron chi connectivity index (χ3n) is 7.50. The summed E-state index contributed by atoms with van der Waals surface area (Å²) in [6.45, 7) is 5.21. The number of unbranched alkanes of at least 4 members (excludes halogenated alkanes) is 26. The van der Waals surface area contributed by atoms with Gasteiger partial charge in [-0.15, -0.1) is 0 Å². The fraction of sp³-hybridized carbons (Fsp3) is 0.970. The summed E-state index contributed by atoms with van der Waals surface area (Å²) in [5.74, 6) is 0.0265. The van der Waals surface area contributed by atoms with Crippen molar-refractivity contribution in [2.45, 2.75) is 200 Å². The maximum absolute atomic E-state index is 11.9. The molecule has 0 unspecified atom stereocenters. The fourth-order valence-corrected chi connectivity index (χ4v) is 5.02. The third-order valence-corrected chi connectivity index (χ3v) is 7.50. The molecule has 210 valence electrons. The summed E-state index contributed by atoms with van der Waals surface area (Å²) >= 11 is 0. The molecule has 0 amide bonds. The number of carbonyl (C=O) groups is 1. The van der Waals surface area contributed by atoms with Crippen molar-refractivity contribution in [2.24, 2.45) is 0 Å². The van der Waals surface area contributed by atoms with Gasteiger partial charge in [0, 0.05) is 6.42 Å². The summed E-state index contributed by atoms with van der Waals surface area (Å²) in [5, 5.41) is 0. The second kappa shape index (κ2) is 31.5. The predicted molar refractivity (Wildman–Crippen MR) is 156 cm³/mol. The summed E-state index contributed by atoms with van der Waals surface area (Å²) in [6.07, 6.45) is 38.6. The lowest BCUT2D eigenvalue weighted by Crippen LogP contribution is -2.05. The Hall–Kier alpha value is -0.530. The van der Waals surface area contributed by atoms with Crippen LogP contribution in [-0.2, 0) is 9.53 Å². The van der Waals surface area contributed by atoms with Crippen molar-refractivity contribution in [1.29, 1.82) is 0 Å². The highest BCUT2D eigenvalue weighted by Gasteiger charge is 2.02. The van der Waals surface area contributed by atoms with E-state index < -0.39 is 0 Å². The first-order valence-electron chi connectivity index (χ1n) is 16.5. The van der Waals surface area contributed by atoms with Gasteiger partial charge >= 0.3 is 5.97 Å². The molecule has 0 spiro atoms. The quantitative estimate of drug-likeness (QED) is 0.0732. The van der Waals surface area contributed by atoms with E-state index >= 15 is 0 Å². The van der Waals surface area contributed by atoms with E-state index in [2.05, 4.69) is 13.8 Å². The molecule has 2 heteroatoms. The van der Waals surface area contributed by atoms with E-state index in [0.717, 1.165) is 12.8 Å². The molecule has 2 nitrogen and oxygen atoms in total. The second-order valence-electron chi connectivity index (χ2n) is 11.2. The Morgan fingerprint density at radius 1 is 0.371 bits per heavy atom. The highest BCUT2D eigenvalue weighted by molar-refractivity contribution is 5.69. The molecule has 0 aliphatic carbocycles. The van der Waals surface area contributed by atoms with Crippen LogP contribution >= 0.6 is 0 Å². The maximum Gasteiger partial charge on any atom is 0.305 e. The average Bonchev–Trinajstić information content (AvgIpc) is 2.86. The zero-order valence-corrected chi connectivity index (χ0v) is 24.5. The van der Waals surface area contributed by atoms with Crippen molar-refractivity contribution in [1.82, 2.24) is 0 Å². The molecule has 0 heterocycles. The Bertz CT molecular complexity index is 393. The predicted octanol–water partition coefficient (Wildman–Crippen LogP) is 11.9. The van der Waals surface area contributed by atoms with Crippen molar-refractivity contribution < 1.29 is 9.53 Å². The van der Waals surface area contributed by atoms with Gasteiger partial charge in [-0.2, -0.15) is 0 Å². The van der Waals surface area contributed by atoms with Crippen LogP contribution in [0, 0.1) is 0 Å². The Kier molecular flexibility index (Phi) is 31.0. The van der Waals surface area contributed by atoms with Gasteiger partial charge in [-0.25, -0.2) is 0 Å². The lowest BCUT2D eigenvalue weighted by atomic mass is 10.0. The molecule has 0 radical (unpaired) electrons. The van der Waals surface area contributed by atoms with E-state index in [1.165, 1.54) is 167 Å². The number of carbonyl (C=O) groups excluding carboxylic acids is 1. The van der Waals surface area contributed by atoms with Gasteiger partial charge in [-0.3, -0.25) is 4.79 Å². The van der Waals surface area contributed by atoms with Gasteiger partial charge in [-0.05, 0) is 12.8 Å². The maximum atomic E-state index is 11.9. The molecule has 0 aromatic heterocycles. The molecule has 0 N–H and O–H groups in total. The van der Waals surface area contributed by atoms with Crippen molar-refractivity contribution >= 4 is 5.97 Å². The first kappa shape index (κ1) is 34.5. The molecule has 0 bridgehead atoms. The summed E-state index contributed by atoms with van der Waals surface area (Å²) in [7, 11) is 0. The van der Waals surface area contributed by atoms with Crippen LogP contribution in [0.25, 0.3) is 0 Å². The number of rotatable bonds is 30. The first-order chi connectivity index (χ1) is 17.3. The lowest BCUT2D eigenvalue weighted by molar-refractivity contribution is -0.143. The topological polar surface area (TPSA) is 26.3 Å². The highest BCUT2D eigenvalue weighted by atomic mass is 16.5. The van der Waals surface area contributed by atoms with E-state index in [4.69, 9.17) is 4.74 Å². The Morgan fingerprint density at radius 3 is 0.943 bits per heavy atom. The van der Waals surface area contributed by atoms with E-state index in [1.807, 2.05) is 0 Å². The van der Waals surface area contributed by atoms with Gasteiger partial charge in [0.2, 0.25) is 0 Å². The van der Waals surface area contributed by atoms with Gasteiger partial charge in [0.15, 0.2) is 0 Å². The Balaban J connectivity index is 3.14. The second-order valence-corrected chi connectivity index (χ2v) is 11.2. The molecule has 0 aliphatic heterocycles. The molecule has 0 rings (SSSR count). The Morgan fingerprint density at radius 2 is 0.629 bits per heavy atom. The molecule has 0 aliphatic rings. The summed E-state index contributed by atoms with van der Waals surface area (Å²) in [6, 6.07) is 0. The molecule has 0 atom stereocenters. The van der Waals surface area contributed by atoms with Crippen LogP contribution in [0.5, 0.6) is 0 Å². The molecular weight excluding hydrogens is 428 g/mol.